The fraction of sp³-hybridized carbons (Fsp3) is 0.385. The first-order valence-corrected chi connectivity index (χ1v) is 11.6. The van der Waals surface area contributed by atoms with E-state index in [9.17, 15) is 14.4 Å². The molecule has 0 radical (unpaired) electrons. The molecule has 0 saturated carbocycles. The van der Waals surface area contributed by atoms with Crippen molar-refractivity contribution >= 4 is 28.3 Å². The van der Waals surface area contributed by atoms with E-state index < -0.39 is 18.0 Å². The second-order valence-corrected chi connectivity index (χ2v) is 8.12. The van der Waals surface area contributed by atoms with Crippen LogP contribution in [0, 0.1) is 0 Å². The average Bonchev–Trinajstić information content (AvgIpc) is 2.87. The minimum atomic E-state index is -1.12. The monoisotopic (exact) mass is 481 g/mol. The molecule has 186 valence electrons. The maximum atomic E-state index is 13.0. The summed E-state index contributed by atoms with van der Waals surface area (Å²) in [6, 6.07) is 11.7. The highest BCUT2D eigenvalue weighted by molar-refractivity contribution is 6.03. The number of anilines is 1. The van der Waals surface area contributed by atoms with Gasteiger partial charge in [0.2, 0.25) is 0 Å². The number of amides is 1. The molecule has 1 atom stereocenters. The van der Waals surface area contributed by atoms with Gasteiger partial charge in [0.05, 0.1) is 19.6 Å². The van der Waals surface area contributed by atoms with E-state index in [4.69, 9.17) is 14.2 Å². The first kappa shape index (κ1) is 25.7. The number of methoxy groups -OCH3 is 2. The summed E-state index contributed by atoms with van der Waals surface area (Å²) in [6.07, 6.45) is 2.74. The van der Waals surface area contributed by atoms with Crippen LogP contribution in [0.4, 0.5) is 5.69 Å². The van der Waals surface area contributed by atoms with Crippen molar-refractivity contribution in [2.24, 2.45) is 0 Å². The molecule has 9 heteroatoms. The van der Waals surface area contributed by atoms with Gasteiger partial charge in [-0.2, -0.15) is 5.10 Å². The Bertz CT molecular complexity index is 1230. The molecule has 1 heterocycles. The van der Waals surface area contributed by atoms with Crippen LogP contribution in [0.5, 0.6) is 11.5 Å². The van der Waals surface area contributed by atoms with Gasteiger partial charge in [-0.15, -0.1) is 0 Å². The zero-order valence-corrected chi connectivity index (χ0v) is 20.5. The molecule has 9 nitrogen and oxygen atoms in total. The average molecular weight is 482 g/mol. The van der Waals surface area contributed by atoms with Crippen LogP contribution in [0.2, 0.25) is 0 Å². The van der Waals surface area contributed by atoms with Gasteiger partial charge in [-0.1, -0.05) is 44.4 Å². The molecule has 3 rings (SSSR count). The lowest BCUT2D eigenvalue weighted by atomic mass is 10.1. The van der Waals surface area contributed by atoms with Crippen LogP contribution in [0.25, 0.3) is 10.8 Å². The first-order chi connectivity index (χ1) is 16.9. The number of aryl methyl sites for hydroxylation is 1. The molecule has 1 amide bonds. The molecule has 2 aromatic carbocycles. The summed E-state index contributed by atoms with van der Waals surface area (Å²) in [5, 5.41) is 7.76. The molecular weight excluding hydrogens is 450 g/mol. The lowest BCUT2D eigenvalue weighted by Gasteiger charge is -2.16. The predicted molar refractivity (Wildman–Crippen MR) is 133 cm³/mol. The summed E-state index contributed by atoms with van der Waals surface area (Å²) in [4.78, 5) is 38.6. The van der Waals surface area contributed by atoms with E-state index in [1.807, 2.05) is 0 Å². The summed E-state index contributed by atoms with van der Waals surface area (Å²) in [5.74, 6) is -0.317. The van der Waals surface area contributed by atoms with Crippen LogP contribution in [0.3, 0.4) is 0 Å². The minimum Gasteiger partial charge on any atom is -0.497 e. The fourth-order valence-electron chi connectivity index (χ4n) is 3.62. The van der Waals surface area contributed by atoms with Crippen LogP contribution in [0.1, 0.15) is 50.0 Å². The highest BCUT2D eigenvalue weighted by atomic mass is 16.5. The van der Waals surface area contributed by atoms with Gasteiger partial charge >= 0.3 is 5.97 Å². The zero-order valence-electron chi connectivity index (χ0n) is 20.5. The standard InChI is InChI=1S/C26H31N3O6/c1-5-6-7-10-13-29-25(31)22-12-9-8-11-21(22)23(28-29)26(32)35-17(2)24(30)27-18-14-19(33-3)16-20(15-18)34-4/h8-9,11-12,14-17H,5-7,10,13H2,1-4H3,(H,27,30). The molecule has 1 N–H and O–H groups in total. The molecule has 3 aromatic rings. The number of nitrogens with zero attached hydrogens (tertiary/aromatic N) is 2. The number of ether oxygens (including phenoxy) is 3. The van der Waals surface area contributed by atoms with E-state index in [1.54, 1.807) is 42.5 Å². The van der Waals surface area contributed by atoms with Crippen molar-refractivity contribution in [3.63, 3.8) is 0 Å². The van der Waals surface area contributed by atoms with E-state index in [2.05, 4.69) is 17.3 Å². The molecule has 35 heavy (non-hydrogen) atoms. The number of rotatable bonds is 11. The second-order valence-electron chi connectivity index (χ2n) is 8.12. The van der Waals surface area contributed by atoms with Crippen LogP contribution >= 0.6 is 0 Å². The van der Waals surface area contributed by atoms with E-state index >= 15 is 0 Å². The Labute approximate surface area is 204 Å². The van der Waals surface area contributed by atoms with E-state index in [-0.39, 0.29) is 11.3 Å². The number of esters is 1. The van der Waals surface area contributed by atoms with Crippen molar-refractivity contribution < 1.29 is 23.8 Å². The largest absolute Gasteiger partial charge is 0.497 e. The van der Waals surface area contributed by atoms with Crippen molar-refractivity contribution in [1.82, 2.24) is 9.78 Å². The molecule has 0 aliphatic rings. The third kappa shape index (κ3) is 6.38. The Kier molecular flexibility index (Phi) is 8.83. The van der Waals surface area contributed by atoms with E-state index in [0.29, 0.717) is 34.5 Å². The van der Waals surface area contributed by atoms with E-state index in [0.717, 1.165) is 25.7 Å². The summed E-state index contributed by atoms with van der Waals surface area (Å²) in [6.45, 7) is 3.97. The molecule has 0 aliphatic carbocycles. The highest BCUT2D eigenvalue weighted by Crippen LogP contribution is 2.26. The number of hydrogen-bond donors (Lipinski definition) is 1. The lowest BCUT2D eigenvalue weighted by Crippen LogP contribution is -2.32. The van der Waals surface area contributed by atoms with Gasteiger partial charge < -0.3 is 19.5 Å². The number of unbranched alkanes of at least 4 members (excludes halogenated alkanes) is 3. The number of benzene rings is 2. The third-order valence-corrected chi connectivity index (χ3v) is 5.56. The van der Waals surface area contributed by atoms with Crippen molar-refractivity contribution in [3.8, 4) is 11.5 Å². The Balaban J connectivity index is 1.80. The van der Waals surface area contributed by atoms with Gasteiger partial charge in [0, 0.05) is 35.8 Å². The van der Waals surface area contributed by atoms with Crippen LogP contribution in [0.15, 0.2) is 47.3 Å². The topological polar surface area (TPSA) is 109 Å². The quantitative estimate of drug-likeness (QED) is 0.323. The first-order valence-electron chi connectivity index (χ1n) is 11.6. The number of carbonyl (C=O) groups excluding carboxylic acids is 2. The van der Waals surface area contributed by atoms with Crippen LogP contribution < -0.4 is 20.3 Å². The summed E-state index contributed by atoms with van der Waals surface area (Å²) < 4.78 is 17.2. The summed E-state index contributed by atoms with van der Waals surface area (Å²) in [5.41, 5.74) is 0.170. The van der Waals surface area contributed by atoms with Gasteiger partial charge in [-0.3, -0.25) is 9.59 Å². The Hall–Kier alpha value is -3.88. The minimum absolute atomic E-state index is 0.00149. The van der Waals surface area contributed by atoms with Crippen LogP contribution in [-0.2, 0) is 16.1 Å². The maximum absolute atomic E-state index is 13.0. The van der Waals surface area contributed by atoms with Crippen molar-refractivity contribution in [2.45, 2.75) is 52.2 Å². The molecule has 0 bridgehead atoms. The molecule has 1 unspecified atom stereocenters. The van der Waals surface area contributed by atoms with Gasteiger partial charge in [0.1, 0.15) is 11.5 Å². The summed E-state index contributed by atoms with van der Waals surface area (Å²) >= 11 is 0. The zero-order chi connectivity index (χ0) is 25.4. The number of aromatic nitrogens is 2. The fourth-order valence-corrected chi connectivity index (χ4v) is 3.62. The van der Waals surface area contributed by atoms with Crippen molar-refractivity contribution in [1.29, 1.82) is 0 Å². The maximum Gasteiger partial charge on any atom is 0.360 e. The smallest absolute Gasteiger partial charge is 0.360 e. The van der Waals surface area contributed by atoms with Gasteiger partial charge in [0.25, 0.3) is 11.5 Å². The normalized spacial score (nSPS) is 11.7. The predicted octanol–water partition coefficient (Wildman–Crippen LogP) is 4.18. The molecule has 0 spiro atoms. The summed E-state index contributed by atoms with van der Waals surface area (Å²) in [7, 11) is 3.01. The van der Waals surface area contributed by atoms with Crippen molar-refractivity contribution in [2.75, 3.05) is 19.5 Å². The SMILES string of the molecule is CCCCCCn1nc(C(=O)OC(C)C(=O)Nc2cc(OC)cc(OC)c2)c2ccccc2c1=O. The van der Waals surface area contributed by atoms with Crippen LogP contribution in [-0.4, -0.2) is 42.0 Å². The Morgan fingerprint density at radius 1 is 1.00 bits per heavy atom. The van der Waals surface area contributed by atoms with Crippen molar-refractivity contribution in [3.05, 3.63) is 58.5 Å². The number of carbonyl (C=O) groups is 2. The van der Waals surface area contributed by atoms with Gasteiger partial charge in [0.15, 0.2) is 11.8 Å². The lowest BCUT2D eigenvalue weighted by molar-refractivity contribution is -0.123. The molecule has 0 saturated heterocycles. The van der Waals surface area contributed by atoms with E-state index in [1.165, 1.54) is 25.8 Å². The molecule has 0 fully saturated rings. The molecule has 0 aliphatic heterocycles. The molecular formula is C26H31N3O6. The van der Waals surface area contributed by atoms with Gasteiger partial charge in [-0.05, 0) is 19.4 Å². The Morgan fingerprint density at radius 2 is 1.66 bits per heavy atom. The number of nitrogens with one attached hydrogen (secondary N) is 1. The van der Waals surface area contributed by atoms with Gasteiger partial charge in [-0.25, -0.2) is 9.48 Å². The highest BCUT2D eigenvalue weighted by Gasteiger charge is 2.23. The number of fused-ring (bicyclic) bond motifs is 1. The molecule has 1 aromatic heterocycles. The number of hydrogen-bond acceptors (Lipinski definition) is 7. The third-order valence-electron chi connectivity index (χ3n) is 5.56. The second kappa shape index (κ2) is 12.0. The Morgan fingerprint density at radius 3 is 2.29 bits per heavy atom.